The molecule has 1 amide bonds. The first kappa shape index (κ1) is 21.2. The van der Waals surface area contributed by atoms with E-state index >= 15 is 0 Å². The van der Waals surface area contributed by atoms with Crippen LogP contribution in [0.25, 0.3) is 0 Å². The largest absolute Gasteiger partial charge is 0.493 e. The van der Waals surface area contributed by atoms with Crippen molar-refractivity contribution in [1.29, 1.82) is 0 Å². The highest BCUT2D eigenvalue weighted by molar-refractivity contribution is 7.86. The van der Waals surface area contributed by atoms with Gasteiger partial charge in [-0.05, 0) is 17.7 Å². The molecule has 8 heteroatoms. The van der Waals surface area contributed by atoms with Crippen LogP contribution in [0.3, 0.4) is 0 Å². The summed E-state index contributed by atoms with van der Waals surface area (Å²) in [5, 5.41) is 0. The zero-order valence-corrected chi connectivity index (χ0v) is 16.5. The Morgan fingerprint density at radius 3 is 2.28 bits per heavy atom. The molecule has 0 N–H and O–H groups in total. The molecular formula is C17H27NO6S. The van der Waals surface area contributed by atoms with Gasteiger partial charge < -0.3 is 18.6 Å². The lowest BCUT2D eigenvalue weighted by Gasteiger charge is -2.29. The highest BCUT2D eigenvalue weighted by Crippen LogP contribution is 2.30. The molecule has 25 heavy (non-hydrogen) atoms. The summed E-state index contributed by atoms with van der Waals surface area (Å²) >= 11 is 0. The van der Waals surface area contributed by atoms with Crippen molar-refractivity contribution < 1.29 is 26.9 Å². The molecule has 0 bridgehead atoms. The lowest BCUT2D eigenvalue weighted by atomic mass is 9.94. The molecule has 1 rings (SSSR count). The molecule has 1 aromatic carbocycles. The number of benzene rings is 1. The second-order valence-corrected chi connectivity index (χ2v) is 8.32. The first-order chi connectivity index (χ1) is 11.5. The van der Waals surface area contributed by atoms with Crippen LogP contribution in [0.15, 0.2) is 18.2 Å². The van der Waals surface area contributed by atoms with Gasteiger partial charge in [-0.25, -0.2) is 0 Å². The average Bonchev–Trinajstić information content (AvgIpc) is 2.48. The monoisotopic (exact) mass is 373 g/mol. The van der Waals surface area contributed by atoms with E-state index in [4.69, 9.17) is 13.7 Å². The molecule has 0 heterocycles. The van der Waals surface area contributed by atoms with E-state index in [1.807, 2.05) is 20.8 Å². The van der Waals surface area contributed by atoms with Crippen LogP contribution in [-0.4, -0.2) is 52.9 Å². The summed E-state index contributed by atoms with van der Waals surface area (Å²) < 4.78 is 38.0. The molecule has 0 aliphatic carbocycles. The summed E-state index contributed by atoms with van der Waals surface area (Å²) in [6, 6.07) is 4.95. The lowest BCUT2D eigenvalue weighted by Crippen LogP contribution is -2.40. The van der Waals surface area contributed by atoms with E-state index in [9.17, 15) is 13.2 Å². The van der Waals surface area contributed by atoms with Crippen LogP contribution in [-0.2, 0) is 26.2 Å². The van der Waals surface area contributed by atoms with Crippen molar-refractivity contribution in [2.24, 2.45) is 5.41 Å². The summed E-state index contributed by atoms with van der Waals surface area (Å²) in [6.45, 7) is 6.69. The number of methoxy groups -OCH3 is 2. The van der Waals surface area contributed by atoms with Gasteiger partial charge in [0.05, 0.1) is 20.0 Å². The van der Waals surface area contributed by atoms with E-state index in [2.05, 4.69) is 0 Å². The first-order valence-electron chi connectivity index (χ1n) is 7.82. The molecule has 142 valence electrons. The minimum atomic E-state index is -3.69. The topological polar surface area (TPSA) is 82.1 Å². The summed E-state index contributed by atoms with van der Waals surface area (Å²) in [7, 11) is -0.686. The molecule has 0 aliphatic rings. The summed E-state index contributed by atoms with van der Waals surface area (Å²) in [4.78, 5) is 14.3. The maximum absolute atomic E-state index is 12.6. The Morgan fingerprint density at radius 2 is 1.80 bits per heavy atom. The SMILES string of the molecule is COCCN(Cc1ccc(OC)c(OS(C)(=O)=O)c1)C(=O)C(C)(C)C. The Balaban J connectivity index is 3.11. The van der Waals surface area contributed by atoms with E-state index < -0.39 is 15.5 Å². The van der Waals surface area contributed by atoms with Crippen molar-refractivity contribution in [3.8, 4) is 11.5 Å². The van der Waals surface area contributed by atoms with Crippen molar-refractivity contribution in [2.75, 3.05) is 33.6 Å². The lowest BCUT2D eigenvalue weighted by molar-refractivity contribution is -0.140. The number of hydrogen-bond donors (Lipinski definition) is 0. The van der Waals surface area contributed by atoms with Crippen molar-refractivity contribution >= 4 is 16.0 Å². The Kier molecular flexibility index (Phi) is 7.25. The van der Waals surface area contributed by atoms with Crippen LogP contribution in [0.2, 0.25) is 0 Å². The average molecular weight is 373 g/mol. The second-order valence-electron chi connectivity index (χ2n) is 6.74. The maximum atomic E-state index is 12.6. The van der Waals surface area contributed by atoms with Crippen LogP contribution in [0.1, 0.15) is 26.3 Å². The first-order valence-corrected chi connectivity index (χ1v) is 9.64. The third-order valence-corrected chi connectivity index (χ3v) is 3.82. The highest BCUT2D eigenvalue weighted by atomic mass is 32.2. The zero-order valence-electron chi connectivity index (χ0n) is 15.7. The van der Waals surface area contributed by atoms with Gasteiger partial charge in [-0.2, -0.15) is 8.42 Å². The fourth-order valence-electron chi connectivity index (χ4n) is 2.20. The minimum absolute atomic E-state index is 0.0223. The second kappa shape index (κ2) is 8.53. The number of rotatable bonds is 8. The van der Waals surface area contributed by atoms with Gasteiger partial charge in [0.15, 0.2) is 11.5 Å². The molecular weight excluding hydrogens is 346 g/mol. The molecule has 0 aromatic heterocycles. The number of nitrogens with zero attached hydrogens (tertiary/aromatic N) is 1. The Hall–Kier alpha value is -1.80. The standard InChI is InChI=1S/C17H27NO6S/c1-17(2,3)16(19)18(9-10-22-4)12-13-7-8-14(23-5)15(11-13)24-25(6,20)21/h7-8,11H,9-10,12H2,1-6H3. The molecule has 0 unspecified atom stereocenters. The molecule has 1 aromatic rings. The predicted octanol–water partition coefficient (Wildman–Crippen LogP) is 2.05. The van der Waals surface area contributed by atoms with Gasteiger partial charge in [-0.3, -0.25) is 4.79 Å². The Labute approximate surface area is 150 Å². The van der Waals surface area contributed by atoms with E-state index in [0.717, 1.165) is 11.8 Å². The predicted molar refractivity (Wildman–Crippen MR) is 95.2 cm³/mol. The third-order valence-electron chi connectivity index (χ3n) is 3.34. The fraction of sp³-hybridized carbons (Fsp3) is 0.588. The van der Waals surface area contributed by atoms with Gasteiger partial charge in [-0.15, -0.1) is 0 Å². The van der Waals surface area contributed by atoms with E-state index in [1.165, 1.54) is 7.11 Å². The quantitative estimate of drug-likeness (QED) is 0.649. The number of hydrogen-bond acceptors (Lipinski definition) is 6. The molecule has 0 saturated heterocycles. The van der Waals surface area contributed by atoms with Crippen molar-refractivity contribution in [3.05, 3.63) is 23.8 Å². The molecule has 0 radical (unpaired) electrons. The number of carbonyl (C=O) groups is 1. The van der Waals surface area contributed by atoms with E-state index in [-0.39, 0.29) is 11.7 Å². The number of ether oxygens (including phenoxy) is 2. The summed E-state index contributed by atoms with van der Waals surface area (Å²) in [5.41, 5.74) is 0.194. The van der Waals surface area contributed by atoms with Crippen LogP contribution in [0, 0.1) is 5.41 Å². The number of carbonyl (C=O) groups excluding carboxylic acids is 1. The summed E-state index contributed by atoms with van der Waals surface area (Å²) in [6.07, 6.45) is 0.965. The molecule has 7 nitrogen and oxygen atoms in total. The summed E-state index contributed by atoms with van der Waals surface area (Å²) in [5.74, 6) is 0.378. The van der Waals surface area contributed by atoms with Crippen molar-refractivity contribution in [2.45, 2.75) is 27.3 Å². The van der Waals surface area contributed by atoms with E-state index in [0.29, 0.717) is 25.4 Å². The van der Waals surface area contributed by atoms with E-state index in [1.54, 1.807) is 30.2 Å². The Bertz CT molecular complexity index is 694. The van der Waals surface area contributed by atoms with Crippen molar-refractivity contribution in [1.82, 2.24) is 4.90 Å². The van der Waals surface area contributed by atoms with Gasteiger partial charge in [0.25, 0.3) is 0 Å². The zero-order chi connectivity index (χ0) is 19.3. The minimum Gasteiger partial charge on any atom is -0.493 e. The normalized spacial score (nSPS) is 11.9. The molecule has 0 saturated carbocycles. The van der Waals surface area contributed by atoms with Gasteiger partial charge in [0, 0.05) is 25.6 Å². The Morgan fingerprint density at radius 1 is 1.16 bits per heavy atom. The van der Waals surface area contributed by atoms with Gasteiger partial charge in [0.1, 0.15) is 0 Å². The van der Waals surface area contributed by atoms with Gasteiger partial charge in [0.2, 0.25) is 5.91 Å². The van der Waals surface area contributed by atoms with Crippen LogP contribution < -0.4 is 8.92 Å². The third kappa shape index (κ3) is 6.91. The van der Waals surface area contributed by atoms with Crippen molar-refractivity contribution in [3.63, 3.8) is 0 Å². The van der Waals surface area contributed by atoms with Crippen LogP contribution in [0.5, 0.6) is 11.5 Å². The van der Waals surface area contributed by atoms with Crippen LogP contribution in [0.4, 0.5) is 0 Å². The number of amides is 1. The molecule has 0 fully saturated rings. The van der Waals surface area contributed by atoms with Gasteiger partial charge >= 0.3 is 10.1 Å². The molecule has 0 spiro atoms. The van der Waals surface area contributed by atoms with Crippen LogP contribution >= 0.6 is 0 Å². The molecule has 0 atom stereocenters. The smallest absolute Gasteiger partial charge is 0.306 e. The molecule has 0 aliphatic heterocycles. The highest BCUT2D eigenvalue weighted by Gasteiger charge is 2.27. The fourth-order valence-corrected chi connectivity index (χ4v) is 2.65. The van der Waals surface area contributed by atoms with Gasteiger partial charge in [-0.1, -0.05) is 26.8 Å². The maximum Gasteiger partial charge on any atom is 0.306 e.